The van der Waals surface area contributed by atoms with Crippen LogP contribution in [0.5, 0.6) is 0 Å². The molecular formula is C13H12N4. The highest BCUT2D eigenvalue weighted by Gasteiger charge is 1.99. The molecule has 0 atom stereocenters. The lowest BCUT2D eigenvalue weighted by Gasteiger charge is -2.07. The van der Waals surface area contributed by atoms with Crippen LogP contribution in [0.2, 0.25) is 0 Å². The first kappa shape index (κ1) is 11.1. The van der Waals surface area contributed by atoms with Gasteiger partial charge in [0.15, 0.2) is 0 Å². The van der Waals surface area contributed by atoms with E-state index in [1.54, 1.807) is 24.5 Å². The molecule has 0 amide bonds. The maximum absolute atomic E-state index is 8.78. The first-order chi connectivity index (χ1) is 8.29. The molecule has 0 spiro atoms. The normalized spacial score (nSPS) is 9.65. The second-order valence-electron chi connectivity index (χ2n) is 3.70. The lowest BCUT2D eigenvalue weighted by Crippen LogP contribution is -2.03. The Hall–Kier alpha value is -2.41. The molecule has 2 heterocycles. The van der Waals surface area contributed by atoms with Crippen molar-refractivity contribution in [3.05, 3.63) is 53.5 Å². The van der Waals surface area contributed by atoms with Gasteiger partial charge >= 0.3 is 0 Å². The SMILES string of the molecule is Cc1ccncc1CNc1cc(C#N)ccn1. The summed E-state index contributed by atoms with van der Waals surface area (Å²) in [4.78, 5) is 8.23. The molecule has 17 heavy (non-hydrogen) atoms. The Balaban J connectivity index is 2.08. The molecule has 1 N–H and O–H groups in total. The third-order valence-corrected chi connectivity index (χ3v) is 2.50. The predicted octanol–water partition coefficient (Wildman–Crippen LogP) is 2.27. The fourth-order valence-electron chi connectivity index (χ4n) is 1.46. The van der Waals surface area contributed by atoms with Gasteiger partial charge in [-0.3, -0.25) is 4.98 Å². The van der Waals surface area contributed by atoms with E-state index in [4.69, 9.17) is 5.26 Å². The number of hydrogen-bond acceptors (Lipinski definition) is 4. The van der Waals surface area contributed by atoms with Crippen LogP contribution >= 0.6 is 0 Å². The summed E-state index contributed by atoms with van der Waals surface area (Å²) in [5.41, 5.74) is 2.91. The van der Waals surface area contributed by atoms with E-state index in [1.807, 2.05) is 19.2 Å². The number of rotatable bonds is 3. The lowest BCUT2D eigenvalue weighted by molar-refractivity contribution is 1.06. The lowest BCUT2D eigenvalue weighted by atomic mass is 10.1. The summed E-state index contributed by atoms with van der Waals surface area (Å²) in [5.74, 6) is 0.701. The predicted molar refractivity (Wildman–Crippen MR) is 65.3 cm³/mol. The zero-order chi connectivity index (χ0) is 12.1. The van der Waals surface area contributed by atoms with Crippen LogP contribution in [0.15, 0.2) is 36.8 Å². The molecule has 2 rings (SSSR count). The average molecular weight is 224 g/mol. The quantitative estimate of drug-likeness (QED) is 0.868. The van der Waals surface area contributed by atoms with Gasteiger partial charge in [-0.15, -0.1) is 0 Å². The fourth-order valence-corrected chi connectivity index (χ4v) is 1.46. The highest BCUT2D eigenvalue weighted by molar-refractivity contribution is 5.43. The molecule has 0 bridgehead atoms. The molecule has 0 saturated carbocycles. The number of aromatic nitrogens is 2. The van der Waals surface area contributed by atoms with E-state index < -0.39 is 0 Å². The second kappa shape index (κ2) is 5.08. The third kappa shape index (κ3) is 2.79. The maximum Gasteiger partial charge on any atom is 0.127 e. The minimum atomic E-state index is 0.602. The summed E-state index contributed by atoms with van der Waals surface area (Å²) >= 11 is 0. The average Bonchev–Trinajstić information content (AvgIpc) is 2.38. The first-order valence-corrected chi connectivity index (χ1v) is 5.29. The standard InChI is InChI=1S/C13H12N4/c1-10-2-4-15-8-12(10)9-17-13-6-11(7-14)3-5-16-13/h2-6,8H,9H2,1H3,(H,16,17). The number of nitriles is 1. The van der Waals surface area contributed by atoms with E-state index >= 15 is 0 Å². The van der Waals surface area contributed by atoms with Crippen LogP contribution in [-0.2, 0) is 6.54 Å². The summed E-state index contributed by atoms with van der Waals surface area (Å²) in [6.45, 7) is 2.69. The smallest absolute Gasteiger partial charge is 0.127 e. The van der Waals surface area contributed by atoms with Crippen molar-refractivity contribution >= 4 is 5.82 Å². The van der Waals surface area contributed by atoms with E-state index in [0.717, 1.165) is 5.56 Å². The van der Waals surface area contributed by atoms with Gasteiger partial charge in [0.2, 0.25) is 0 Å². The van der Waals surface area contributed by atoms with E-state index in [2.05, 4.69) is 21.4 Å². The molecule has 4 nitrogen and oxygen atoms in total. The topological polar surface area (TPSA) is 61.6 Å². The molecule has 84 valence electrons. The number of aryl methyl sites for hydroxylation is 1. The Morgan fingerprint density at radius 3 is 3.00 bits per heavy atom. The van der Waals surface area contributed by atoms with Crippen molar-refractivity contribution in [3.8, 4) is 6.07 Å². The largest absolute Gasteiger partial charge is 0.366 e. The molecule has 2 aromatic rings. The number of pyridine rings is 2. The van der Waals surface area contributed by atoms with Gasteiger partial charge in [0.25, 0.3) is 0 Å². The van der Waals surface area contributed by atoms with E-state index in [-0.39, 0.29) is 0 Å². The Kier molecular flexibility index (Phi) is 3.31. The van der Waals surface area contributed by atoms with Gasteiger partial charge in [0, 0.05) is 25.1 Å². The summed E-state index contributed by atoms with van der Waals surface area (Å²) < 4.78 is 0. The maximum atomic E-state index is 8.78. The highest BCUT2D eigenvalue weighted by Crippen LogP contribution is 2.10. The van der Waals surface area contributed by atoms with Crippen molar-refractivity contribution in [1.29, 1.82) is 5.26 Å². The van der Waals surface area contributed by atoms with Crippen LogP contribution in [0, 0.1) is 18.3 Å². The van der Waals surface area contributed by atoms with Crippen LogP contribution in [-0.4, -0.2) is 9.97 Å². The number of nitrogens with one attached hydrogen (secondary N) is 1. The molecular weight excluding hydrogens is 212 g/mol. The minimum absolute atomic E-state index is 0.602. The number of anilines is 1. The van der Waals surface area contributed by atoms with Gasteiger partial charge < -0.3 is 5.32 Å². The fraction of sp³-hybridized carbons (Fsp3) is 0.154. The highest BCUT2D eigenvalue weighted by atomic mass is 15.0. The van der Waals surface area contributed by atoms with Crippen LogP contribution in [0.25, 0.3) is 0 Å². The molecule has 0 saturated heterocycles. The van der Waals surface area contributed by atoms with Crippen LogP contribution in [0.3, 0.4) is 0 Å². The second-order valence-corrected chi connectivity index (χ2v) is 3.70. The van der Waals surface area contributed by atoms with Gasteiger partial charge in [-0.05, 0) is 36.2 Å². The molecule has 0 aromatic carbocycles. The first-order valence-electron chi connectivity index (χ1n) is 5.29. The van der Waals surface area contributed by atoms with Gasteiger partial charge in [0.05, 0.1) is 11.6 Å². The number of nitrogens with zero attached hydrogens (tertiary/aromatic N) is 3. The third-order valence-electron chi connectivity index (χ3n) is 2.50. The Morgan fingerprint density at radius 1 is 1.35 bits per heavy atom. The summed E-state index contributed by atoms with van der Waals surface area (Å²) in [6, 6.07) is 7.46. The van der Waals surface area contributed by atoms with Crippen molar-refractivity contribution in [2.24, 2.45) is 0 Å². The zero-order valence-corrected chi connectivity index (χ0v) is 9.51. The monoisotopic (exact) mass is 224 g/mol. The van der Waals surface area contributed by atoms with E-state index in [0.29, 0.717) is 17.9 Å². The van der Waals surface area contributed by atoms with Crippen molar-refractivity contribution in [2.75, 3.05) is 5.32 Å². The van der Waals surface area contributed by atoms with Crippen LogP contribution < -0.4 is 5.32 Å². The van der Waals surface area contributed by atoms with Crippen molar-refractivity contribution < 1.29 is 0 Å². The van der Waals surface area contributed by atoms with Crippen molar-refractivity contribution in [3.63, 3.8) is 0 Å². The summed E-state index contributed by atoms with van der Waals surface area (Å²) in [6.07, 6.45) is 5.22. The molecule has 0 unspecified atom stereocenters. The van der Waals surface area contributed by atoms with Gasteiger partial charge in [-0.2, -0.15) is 5.26 Å². The minimum Gasteiger partial charge on any atom is -0.366 e. The Bertz CT molecular complexity index is 557. The molecule has 0 aliphatic rings. The van der Waals surface area contributed by atoms with Gasteiger partial charge in [-0.25, -0.2) is 4.98 Å². The summed E-state index contributed by atoms with van der Waals surface area (Å²) in [5, 5.41) is 12.0. The van der Waals surface area contributed by atoms with Crippen molar-refractivity contribution in [2.45, 2.75) is 13.5 Å². The van der Waals surface area contributed by atoms with E-state index in [9.17, 15) is 0 Å². The van der Waals surface area contributed by atoms with Gasteiger partial charge in [0.1, 0.15) is 5.82 Å². The molecule has 0 aliphatic carbocycles. The molecule has 0 aliphatic heterocycles. The molecule has 2 aromatic heterocycles. The number of hydrogen-bond donors (Lipinski definition) is 1. The van der Waals surface area contributed by atoms with E-state index in [1.165, 1.54) is 5.56 Å². The molecule has 0 radical (unpaired) electrons. The van der Waals surface area contributed by atoms with Crippen molar-refractivity contribution in [1.82, 2.24) is 9.97 Å². The van der Waals surface area contributed by atoms with Crippen LogP contribution in [0.1, 0.15) is 16.7 Å². The summed E-state index contributed by atoms with van der Waals surface area (Å²) in [7, 11) is 0. The van der Waals surface area contributed by atoms with Crippen LogP contribution in [0.4, 0.5) is 5.82 Å². The molecule has 4 heteroatoms. The Labute approximate surface area is 100.0 Å². The zero-order valence-electron chi connectivity index (χ0n) is 9.51. The molecule has 0 fully saturated rings. The van der Waals surface area contributed by atoms with Gasteiger partial charge in [-0.1, -0.05) is 0 Å². The Morgan fingerprint density at radius 2 is 2.24 bits per heavy atom.